The molecule has 0 amide bonds. The molecule has 3 heterocycles. The zero-order chi connectivity index (χ0) is 22.5. The summed E-state index contributed by atoms with van der Waals surface area (Å²) >= 11 is 1.78. The van der Waals surface area contributed by atoms with Crippen LogP contribution in [0.3, 0.4) is 0 Å². The molecular formula is C25H42N4O2S. The van der Waals surface area contributed by atoms with Crippen LogP contribution in [0.5, 0.6) is 0 Å². The van der Waals surface area contributed by atoms with Gasteiger partial charge >= 0.3 is 5.97 Å². The molecule has 0 aromatic carbocycles. The number of carbonyl (C=O) groups is 1. The third kappa shape index (κ3) is 5.84. The first-order valence-corrected chi connectivity index (χ1v) is 13.8. The number of carboxylic acids is 1. The number of hydrogen-bond acceptors (Lipinski definition) is 6. The van der Waals surface area contributed by atoms with Crippen molar-refractivity contribution in [3.05, 3.63) is 11.1 Å². The Balaban J connectivity index is 1.26. The Morgan fingerprint density at radius 3 is 2.56 bits per heavy atom. The van der Waals surface area contributed by atoms with Crippen LogP contribution >= 0.6 is 11.3 Å². The second-order valence-corrected chi connectivity index (χ2v) is 11.2. The molecule has 0 bridgehead atoms. The van der Waals surface area contributed by atoms with Crippen LogP contribution in [0.4, 0.5) is 5.13 Å². The average Bonchev–Trinajstić information content (AvgIpc) is 3.42. The minimum Gasteiger partial charge on any atom is -0.480 e. The third-order valence-corrected chi connectivity index (χ3v) is 8.89. The fraction of sp³-hybridized carbons (Fsp3) is 0.840. The number of hydrogen-bond donors (Lipinski definition) is 1. The van der Waals surface area contributed by atoms with Gasteiger partial charge in [-0.3, -0.25) is 9.69 Å². The monoisotopic (exact) mass is 462 g/mol. The van der Waals surface area contributed by atoms with Gasteiger partial charge in [0, 0.05) is 44.1 Å². The van der Waals surface area contributed by atoms with Crippen molar-refractivity contribution < 1.29 is 9.90 Å². The van der Waals surface area contributed by atoms with Crippen molar-refractivity contribution in [3.8, 4) is 0 Å². The SMILES string of the molecule is CCCN(c1nc(C)cs1)C1CCN(CC2CCN(C(C(=O)O)C3CCCCC3)C2)CC1. The molecule has 1 saturated carbocycles. The number of aryl methyl sites for hydroxylation is 1. The van der Waals surface area contributed by atoms with E-state index in [0.717, 1.165) is 70.6 Å². The number of anilines is 1. The van der Waals surface area contributed by atoms with Crippen molar-refractivity contribution >= 4 is 22.4 Å². The Morgan fingerprint density at radius 2 is 1.94 bits per heavy atom. The van der Waals surface area contributed by atoms with Crippen LogP contribution < -0.4 is 4.90 Å². The summed E-state index contributed by atoms with van der Waals surface area (Å²) in [5.41, 5.74) is 1.13. The zero-order valence-corrected chi connectivity index (χ0v) is 20.9. The summed E-state index contributed by atoms with van der Waals surface area (Å²) in [6.45, 7) is 10.8. The molecule has 3 fully saturated rings. The largest absolute Gasteiger partial charge is 0.480 e. The molecule has 32 heavy (non-hydrogen) atoms. The molecule has 1 N–H and O–H groups in total. The first-order chi connectivity index (χ1) is 15.5. The number of piperidine rings is 1. The van der Waals surface area contributed by atoms with E-state index in [1.54, 1.807) is 11.3 Å². The fourth-order valence-corrected chi connectivity index (χ4v) is 7.20. The number of thiazole rings is 1. The van der Waals surface area contributed by atoms with E-state index in [4.69, 9.17) is 4.98 Å². The van der Waals surface area contributed by atoms with Crippen LogP contribution in [-0.4, -0.2) is 77.2 Å². The number of aliphatic carboxylic acids is 1. The molecule has 6 nitrogen and oxygen atoms in total. The van der Waals surface area contributed by atoms with Crippen molar-refractivity contribution in [2.45, 2.75) is 83.7 Å². The smallest absolute Gasteiger partial charge is 0.321 e. The predicted molar refractivity (Wildman–Crippen MR) is 132 cm³/mol. The van der Waals surface area contributed by atoms with Gasteiger partial charge < -0.3 is 14.9 Å². The lowest BCUT2D eigenvalue weighted by molar-refractivity contribution is -0.145. The van der Waals surface area contributed by atoms with Gasteiger partial charge in [-0.25, -0.2) is 4.98 Å². The Morgan fingerprint density at radius 1 is 1.19 bits per heavy atom. The molecular weight excluding hydrogens is 420 g/mol. The molecule has 1 aromatic heterocycles. The zero-order valence-electron chi connectivity index (χ0n) is 20.0. The quantitative estimate of drug-likeness (QED) is 0.584. The summed E-state index contributed by atoms with van der Waals surface area (Å²) in [6, 6.07) is 0.343. The molecule has 0 radical (unpaired) electrons. The maximum Gasteiger partial charge on any atom is 0.321 e. The summed E-state index contributed by atoms with van der Waals surface area (Å²) < 4.78 is 0. The van der Waals surface area contributed by atoms with Crippen molar-refractivity contribution in [2.75, 3.05) is 44.2 Å². The standard InChI is InChI=1S/C25H42N4O2S/c1-3-12-29(25-26-19(2)18-32-25)22-10-13-27(14-11-22)16-20-9-15-28(17-20)23(24(30)31)21-7-5-4-6-8-21/h18,20-23H,3-17H2,1-2H3,(H,30,31). The summed E-state index contributed by atoms with van der Waals surface area (Å²) in [6.07, 6.45) is 10.6. The lowest BCUT2D eigenvalue weighted by Crippen LogP contribution is -2.47. The maximum absolute atomic E-state index is 12.1. The number of carboxylic acid groups (broad SMARTS) is 1. The molecule has 2 unspecified atom stereocenters. The van der Waals surface area contributed by atoms with Crippen molar-refractivity contribution in [1.29, 1.82) is 0 Å². The normalized spacial score (nSPS) is 25.2. The maximum atomic E-state index is 12.1. The summed E-state index contributed by atoms with van der Waals surface area (Å²) in [5.74, 6) is 0.381. The molecule has 4 rings (SSSR count). The van der Waals surface area contributed by atoms with Gasteiger partial charge in [-0.2, -0.15) is 0 Å². The second-order valence-electron chi connectivity index (χ2n) is 10.3. The van der Waals surface area contributed by atoms with Crippen molar-refractivity contribution in [2.24, 2.45) is 11.8 Å². The highest BCUT2D eigenvalue weighted by atomic mass is 32.1. The van der Waals surface area contributed by atoms with Gasteiger partial charge in [-0.05, 0) is 63.8 Å². The van der Waals surface area contributed by atoms with Gasteiger partial charge in [0.1, 0.15) is 6.04 Å². The van der Waals surface area contributed by atoms with Crippen LogP contribution in [0.15, 0.2) is 5.38 Å². The van der Waals surface area contributed by atoms with E-state index in [-0.39, 0.29) is 6.04 Å². The lowest BCUT2D eigenvalue weighted by Gasteiger charge is -2.39. The Hall–Kier alpha value is -1.18. The Kier molecular flexibility index (Phi) is 8.46. The summed E-state index contributed by atoms with van der Waals surface area (Å²) in [5, 5.41) is 13.3. The lowest BCUT2D eigenvalue weighted by atomic mass is 9.83. The van der Waals surface area contributed by atoms with Gasteiger partial charge in [-0.15, -0.1) is 11.3 Å². The fourth-order valence-electron chi connectivity index (χ4n) is 6.30. The molecule has 1 aromatic rings. The predicted octanol–water partition coefficient (Wildman–Crippen LogP) is 4.49. The van der Waals surface area contributed by atoms with Gasteiger partial charge in [0.15, 0.2) is 5.13 Å². The minimum absolute atomic E-state index is 0.254. The minimum atomic E-state index is -0.591. The van der Waals surface area contributed by atoms with Gasteiger partial charge in [0.2, 0.25) is 0 Å². The van der Waals surface area contributed by atoms with Crippen LogP contribution in [0, 0.1) is 18.8 Å². The van der Waals surface area contributed by atoms with Crippen LogP contribution in [-0.2, 0) is 4.79 Å². The Labute approximate surface area is 198 Å². The van der Waals surface area contributed by atoms with Crippen molar-refractivity contribution in [1.82, 2.24) is 14.8 Å². The van der Waals surface area contributed by atoms with E-state index in [1.165, 1.54) is 37.2 Å². The van der Waals surface area contributed by atoms with E-state index in [9.17, 15) is 9.90 Å². The summed E-state index contributed by atoms with van der Waals surface area (Å²) in [7, 11) is 0. The van der Waals surface area contributed by atoms with E-state index >= 15 is 0 Å². The highest BCUT2D eigenvalue weighted by molar-refractivity contribution is 7.13. The molecule has 2 saturated heterocycles. The van der Waals surface area contributed by atoms with Crippen LogP contribution in [0.25, 0.3) is 0 Å². The summed E-state index contributed by atoms with van der Waals surface area (Å²) in [4.78, 5) is 24.4. The van der Waals surface area contributed by atoms with Crippen LogP contribution in [0.2, 0.25) is 0 Å². The van der Waals surface area contributed by atoms with E-state index < -0.39 is 5.97 Å². The van der Waals surface area contributed by atoms with E-state index in [0.29, 0.717) is 17.9 Å². The highest BCUT2D eigenvalue weighted by Crippen LogP contribution is 2.33. The molecule has 2 aliphatic heterocycles. The number of aromatic nitrogens is 1. The van der Waals surface area contributed by atoms with Crippen molar-refractivity contribution in [3.63, 3.8) is 0 Å². The molecule has 7 heteroatoms. The second kappa shape index (κ2) is 11.3. The topological polar surface area (TPSA) is 59.9 Å². The van der Waals surface area contributed by atoms with E-state index in [1.807, 2.05) is 0 Å². The highest BCUT2D eigenvalue weighted by Gasteiger charge is 2.38. The number of nitrogens with zero attached hydrogens (tertiary/aromatic N) is 4. The Bertz CT molecular complexity index is 727. The molecule has 180 valence electrons. The third-order valence-electron chi connectivity index (χ3n) is 7.89. The number of rotatable bonds is 9. The molecule has 2 atom stereocenters. The van der Waals surface area contributed by atoms with Gasteiger partial charge in [0.05, 0.1) is 5.69 Å². The van der Waals surface area contributed by atoms with Crippen LogP contribution in [0.1, 0.15) is 70.4 Å². The van der Waals surface area contributed by atoms with Gasteiger partial charge in [-0.1, -0.05) is 26.2 Å². The number of likely N-dealkylation sites (tertiary alicyclic amines) is 2. The average molecular weight is 463 g/mol. The van der Waals surface area contributed by atoms with E-state index in [2.05, 4.69) is 33.9 Å². The molecule has 0 spiro atoms. The molecule has 3 aliphatic rings. The van der Waals surface area contributed by atoms with Gasteiger partial charge in [0.25, 0.3) is 0 Å². The first kappa shape index (κ1) is 24.0. The molecule has 1 aliphatic carbocycles. The first-order valence-electron chi connectivity index (χ1n) is 12.9.